The molecule has 0 spiro atoms. The van der Waals surface area contributed by atoms with Crippen molar-refractivity contribution in [3.63, 3.8) is 0 Å². The topological polar surface area (TPSA) is 81.0 Å². The smallest absolute Gasteiger partial charge is 0.270 e. The Bertz CT molecular complexity index is 643. The monoisotopic (exact) mass is 286 g/mol. The molecule has 0 saturated heterocycles. The number of hydrogen-bond acceptors (Lipinski definition) is 5. The Kier molecular flexibility index (Phi) is 4.81. The van der Waals surface area contributed by atoms with Crippen LogP contribution in [-0.2, 0) is 6.42 Å². The molecule has 1 aromatic carbocycles. The lowest BCUT2D eigenvalue weighted by Gasteiger charge is -2.08. The van der Waals surface area contributed by atoms with E-state index in [9.17, 15) is 10.1 Å². The molecule has 0 aliphatic carbocycles. The molecule has 1 aromatic heterocycles. The lowest BCUT2D eigenvalue weighted by Crippen LogP contribution is -2.05. The Labute approximate surface area is 123 Å². The fourth-order valence-electron chi connectivity index (χ4n) is 1.91. The molecule has 0 aliphatic heterocycles. The molecule has 110 valence electrons. The van der Waals surface area contributed by atoms with E-state index in [0.29, 0.717) is 11.4 Å². The lowest BCUT2D eigenvalue weighted by atomic mass is 10.2. The number of nitrogens with one attached hydrogen (secondary N) is 1. The third-order valence-corrected chi connectivity index (χ3v) is 3.01. The first kappa shape index (κ1) is 14.9. The van der Waals surface area contributed by atoms with Crippen molar-refractivity contribution >= 4 is 11.5 Å². The van der Waals surface area contributed by atoms with Crippen molar-refractivity contribution in [3.05, 3.63) is 46.1 Å². The van der Waals surface area contributed by atoms with Crippen LogP contribution in [0.1, 0.15) is 26.0 Å². The maximum Gasteiger partial charge on any atom is 0.270 e. The Morgan fingerprint density at radius 3 is 2.71 bits per heavy atom. The SMILES string of the molecule is CCCNc1cc(CC)nc(-c2cccc([N+](=O)[O-])c2)n1. The highest BCUT2D eigenvalue weighted by Crippen LogP contribution is 2.22. The number of nitrogens with zero attached hydrogens (tertiary/aromatic N) is 3. The summed E-state index contributed by atoms with van der Waals surface area (Å²) >= 11 is 0. The standard InChI is InChI=1S/C15H18N4O2/c1-3-8-16-14-10-12(4-2)17-15(18-14)11-6-5-7-13(9-11)19(20)21/h5-7,9-10H,3-4,8H2,1-2H3,(H,16,17,18). The number of non-ortho nitro benzene ring substituents is 1. The predicted molar refractivity (Wildman–Crippen MR) is 82.3 cm³/mol. The van der Waals surface area contributed by atoms with Crippen molar-refractivity contribution in [2.45, 2.75) is 26.7 Å². The van der Waals surface area contributed by atoms with Gasteiger partial charge in [-0.25, -0.2) is 9.97 Å². The van der Waals surface area contributed by atoms with E-state index in [-0.39, 0.29) is 5.69 Å². The van der Waals surface area contributed by atoms with Gasteiger partial charge in [0, 0.05) is 36.0 Å². The second-order valence-corrected chi connectivity index (χ2v) is 4.66. The molecule has 0 bridgehead atoms. The van der Waals surface area contributed by atoms with Crippen LogP contribution in [0.25, 0.3) is 11.4 Å². The average molecular weight is 286 g/mol. The van der Waals surface area contributed by atoms with Gasteiger partial charge < -0.3 is 5.32 Å². The largest absolute Gasteiger partial charge is 0.370 e. The second-order valence-electron chi connectivity index (χ2n) is 4.66. The van der Waals surface area contributed by atoms with Gasteiger partial charge in [-0.3, -0.25) is 10.1 Å². The summed E-state index contributed by atoms with van der Waals surface area (Å²) in [7, 11) is 0. The Morgan fingerprint density at radius 2 is 2.05 bits per heavy atom. The third-order valence-electron chi connectivity index (χ3n) is 3.01. The average Bonchev–Trinajstić information content (AvgIpc) is 2.52. The van der Waals surface area contributed by atoms with Gasteiger partial charge in [-0.05, 0) is 12.8 Å². The van der Waals surface area contributed by atoms with Gasteiger partial charge >= 0.3 is 0 Å². The Morgan fingerprint density at radius 1 is 1.24 bits per heavy atom. The fourth-order valence-corrected chi connectivity index (χ4v) is 1.91. The van der Waals surface area contributed by atoms with Gasteiger partial charge in [0.25, 0.3) is 5.69 Å². The molecule has 1 heterocycles. The molecule has 0 radical (unpaired) electrons. The summed E-state index contributed by atoms with van der Waals surface area (Å²) in [6.45, 7) is 4.92. The van der Waals surface area contributed by atoms with Crippen LogP contribution < -0.4 is 5.32 Å². The van der Waals surface area contributed by atoms with Crippen LogP contribution >= 0.6 is 0 Å². The molecule has 0 aliphatic rings. The maximum atomic E-state index is 10.9. The van der Waals surface area contributed by atoms with Crippen molar-refractivity contribution in [1.82, 2.24) is 9.97 Å². The zero-order chi connectivity index (χ0) is 15.2. The highest BCUT2D eigenvalue weighted by molar-refractivity contribution is 5.61. The molecule has 6 nitrogen and oxygen atoms in total. The van der Waals surface area contributed by atoms with Crippen LogP contribution in [0.3, 0.4) is 0 Å². The minimum Gasteiger partial charge on any atom is -0.370 e. The Hall–Kier alpha value is -2.50. The second kappa shape index (κ2) is 6.78. The van der Waals surface area contributed by atoms with Crippen LogP contribution in [0.2, 0.25) is 0 Å². The van der Waals surface area contributed by atoms with Gasteiger partial charge in [-0.2, -0.15) is 0 Å². The predicted octanol–water partition coefficient (Wildman–Crippen LogP) is 3.44. The summed E-state index contributed by atoms with van der Waals surface area (Å²) < 4.78 is 0. The number of benzene rings is 1. The van der Waals surface area contributed by atoms with Gasteiger partial charge in [-0.1, -0.05) is 26.0 Å². The third kappa shape index (κ3) is 3.75. The van der Waals surface area contributed by atoms with E-state index < -0.39 is 4.92 Å². The van der Waals surface area contributed by atoms with E-state index in [4.69, 9.17) is 0 Å². The first-order valence-corrected chi connectivity index (χ1v) is 7.00. The van der Waals surface area contributed by atoms with E-state index in [0.717, 1.165) is 30.9 Å². The number of hydrogen-bond donors (Lipinski definition) is 1. The summed E-state index contributed by atoms with van der Waals surface area (Å²) in [5, 5.41) is 14.1. The molecule has 0 amide bonds. The summed E-state index contributed by atoms with van der Waals surface area (Å²) in [5.41, 5.74) is 1.60. The number of nitro groups is 1. The number of anilines is 1. The molecule has 0 fully saturated rings. The number of aromatic nitrogens is 2. The van der Waals surface area contributed by atoms with Gasteiger partial charge in [0.2, 0.25) is 0 Å². The fraction of sp³-hybridized carbons (Fsp3) is 0.333. The Balaban J connectivity index is 2.42. The van der Waals surface area contributed by atoms with Gasteiger partial charge in [0.1, 0.15) is 5.82 Å². The number of rotatable bonds is 6. The van der Waals surface area contributed by atoms with Crippen molar-refractivity contribution in [2.75, 3.05) is 11.9 Å². The number of aryl methyl sites for hydroxylation is 1. The van der Waals surface area contributed by atoms with E-state index in [1.807, 2.05) is 13.0 Å². The van der Waals surface area contributed by atoms with Crippen LogP contribution in [0.5, 0.6) is 0 Å². The molecular formula is C15H18N4O2. The zero-order valence-corrected chi connectivity index (χ0v) is 12.2. The normalized spacial score (nSPS) is 10.4. The summed E-state index contributed by atoms with van der Waals surface area (Å²) in [4.78, 5) is 19.4. The molecule has 1 N–H and O–H groups in total. The molecule has 21 heavy (non-hydrogen) atoms. The molecule has 2 aromatic rings. The molecule has 0 unspecified atom stereocenters. The zero-order valence-electron chi connectivity index (χ0n) is 12.2. The van der Waals surface area contributed by atoms with Crippen LogP contribution in [0.4, 0.5) is 11.5 Å². The van der Waals surface area contributed by atoms with E-state index in [2.05, 4.69) is 22.2 Å². The van der Waals surface area contributed by atoms with Gasteiger partial charge in [-0.15, -0.1) is 0 Å². The highest BCUT2D eigenvalue weighted by atomic mass is 16.6. The van der Waals surface area contributed by atoms with Gasteiger partial charge in [0.05, 0.1) is 4.92 Å². The summed E-state index contributed by atoms with van der Waals surface area (Å²) in [5.74, 6) is 1.27. The van der Waals surface area contributed by atoms with Crippen LogP contribution in [0.15, 0.2) is 30.3 Å². The minimum atomic E-state index is -0.413. The maximum absolute atomic E-state index is 10.9. The van der Waals surface area contributed by atoms with Crippen molar-refractivity contribution in [1.29, 1.82) is 0 Å². The molecular weight excluding hydrogens is 268 g/mol. The summed E-state index contributed by atoms with van der Waals surface area (Å²) in [6.07, 6.45) is 1.78. The first-order chi connectivity index (χ1) is 10.1. The van der Waals surface area contributed by atoms with E-state index >= 15 is 0 Å². The molecule has 0 atom stereocenters. The summed E-state index contributed by atoms with van der Waals surface area (Å²) in [6, 6.07) is 8.30. The molecule has 6 heteroatoms. The van der Waals surface area contributed by atoms with E-state index in [1.165, 1.54) is 12.1 Å². The minimum absolute atomic E-state index is 0.0427. The van der Waals surface area contributed by atoms with E-state index in [1.54, 1.807) is 12.1 Å². The van der Waals surface area contributed by atoms with Crippen LogP contribution in [-0.4, -0.2) is 21.4 Å². The molecule has 2 rings (SSSR count). The number of nitro benzene ring substituents is 1. The van der Waals surface area contributed by atoms with Gasteiger partial charge in [0.15, 0.2) is 5.82 Å². The van der Waals surface area contributed by atoms with Crippen molar-refractivity contribution < 1.29 is 4.92 Å². The van der Waals surface area contributed by atoms with Crippen molar-refractivity contribution in [3.8, 4) is 11.4 Å². The highest BCUT2D eigenvalue weighted by Gasteiger charge is 2.11. The molecule has 0 saturated carbocycles. The lowest BCUT2D eigenvalue weighted by molar-refractivity contribution is -0.384. The van der Waals surface area contributed by atoms with Crippen LogP contribution in [0, 0.1) is 10.1 Å². The van der Waals surface area contributed by atoms with Crippen molar-refractivity contribution in [2.24, 2.45) is 0 Å². The quantitative estimate of drug-likeness (QED) is 0.650. The first-order valence-electron chi connectivity index (χ1n) is 7.00.